The lowest BCUT2D eigenvalue weighted by Gasteiger charge is -2.20. The smallest absolute Gasteiger partial charge is 0.232 e. The van der Waals surface area contributed by atoms with E-state index in [1.54, 1.807) is 12.0 Å². The van der Waals surface area contributed by atoms with E-state index in [0.29, 0.717) is 13.1 Å². The third-order valence-electron chi connectivity index (χ3n) is 3.58. The van der Waals surface area contributed by atoms with Crippen molar-refractivity contribution in [1.29, 1.82) is 0 Å². The first-order valence-electron chi connectivity index (χ1n) is 6.44. The van der Waals surface area contributed by atoms with E-state index in [9.17, 15) is 4.79 Å². The molecule has 1 aliphatic rings. The molecule has 0 saturated carbocycles. The number of azide groups is 1. The molecule has 0 N–H and O–H groups in total. The SMILES string of the molecule is COc1ccc(CN2CC(C)(C)C(N=[N+]=[N-])C2=O)cc1. The fourth-order valence-corrected chi connectivity index (χ4v) is 2.51. The molecule has 6 nitrogen and oxygen atoms in total. The predicted molar refractivity (Wildman–Crippen MR) is 75.1 cm³/mol. The van der Waals surface area contributed by atoms with Gasteiger partial charge in [-0.25, -0.2) is 0 Å². The fraction of sp³-hybridized carbons (Fsp3) is 0.500. The number of amides is 1. The van der Waals surface area contributed by atoms with Crippen LogP contribution in [0.2, 0.25) is 0 Å². The average molecular weight is 274 g/mol. The highest BCUT2D eigenvalue weighted by molar-refractivity contribution is 5.85. The Morgan fingerprint density at radius 2 is 2.10 bits per heavy atom. The second-order valence-electron chi connectivity index (χ2n) is 5.64. The minimum absolute atomic E-state index is 0.108. The number of rotatable bonds is 4. The molecule has 1 aliphatic heterocycles. The lowest BCUT2D eigenvalue weighted by Crippen LogP contribution is -2.29. The molecule has 1 saturated heterocycles. The molecule has 0 aromatic heterocycles. The van der Waals surface area contributed by atoms with E-state index in [1.165, 1.54) is 0 Å². The molecule has 106 valence electrons. The Kier molecular flexibility index (Phi) is 3.86. The number of ether oxygens (including phenoxy) is 1. The van der Waals surface area contributed by atoms with Crippen molar-refractivity contribution in [2.24, 2.45) is 10.5 Å². The molecule has 1 amide bonds. The zero-order valence-corrected chi connectivity index (χ0v) is 11.9. The highest BCUT2D eigenvalue weighted by Gasteiger charge is 2.45. The van der Waals surface area contributed by atoms with Gasteiger partial charge < -0.3 is 9.64 Å². The molecule has 1 heterocycles. The zero-order chi connectivity index (χ0) is 14.8. The summed E-state index contributed by atoms with van der Waals surface area (Å²) in [6.07, 6.45) is 0. The number of benzene rings is 1. The van der Waals surface area contributed by atoms with Crippen molar-refractivity contribution in [2.45, 2.75) is 26.4 Å². The summed E-state index contributed by atoms with van der Waals surface area (Å²) in [6, 6.07) is 6.98. The first-order chi connectivity index (χ1) is 9.47. The Bertz CT molecular complexity index is 547. The summed E-state index contributed by atoms with van der Waals surface area (Å²) in [7, 11) is 1.62. The second kappa shape index (κ2) is 5.43. The van der Waals surface area contributed by atoms with Gasteiger partial charge in [0.05, 0.1) is 7.11 Å². The van der Waals surface area contributed by atoms with Gasteiger partial charge in [-0.05, 0) is 28.6 Å². The molecule has 0 spiro atoms. The maximum absolute atomic E-state index is 12.3. The van der Waals surface area contributed by atoms with Crippen LogP contribution in [-0.2, 0) is 11.3 Å². The third kappa shape index (κ3) is 2.70. The molecule has 1 fully saturated rings. The lowest BCUT2D eigenvalue weighted by atomic mass is 9.88. The first kappa shape index (κ1) is 14.2. The Labute approximate surface area is 118 Å². The summed E-state index contributed by atoms with van der Waals surface area (Å²) in [4.78, 5) is 16.8. The van der Waals surface area contributed by atoms with Crippen molar-refractivity contribution in [1.82, 2.24) is 4.90 Å². The summed E-state index contributed by atoms with van der Waals surface area (Å²) in [5.74, 6) is 0.678. The van der Waals surface area contributed by atoms with Crippen LogP contribution < -0.4 is 4.74 Å². The molecule has 0 bridgehead atoms. The molecule has 0 radical (unpaired) electrons. The average Bonchev–Trinajstić information content (AvgIpc) is 2.63. The van der Waals surface area contributed by atoms with E-state index in [-0.39, 0.29) is 11.3 Å². The van der Waals surface area contributed by atoms with E-state index >= 15 is 0 Å². The quantitative estimate of drug-likeness (QED) is 0.480. The summed E-state index contributed by atoms with van der Waals surface area (Å²) >= 11 is 0. The van der Waals surface area contributed by atoms with Gasteiger partial charge in [-0.2, -0.15) is 0 Å². The van der Waals surface area contributed by atoms with Gasteiger partial charge in [0.25, 0.3) is 0 Å². The molecule has 2 rings (SSSR count). The molecule has 1 unspecified atom stereocenters. The number of hydrogen-bond donors (Lipinski definition) is 0. The second-order valence-corrected chi connectivity index (χ2v) is 5.64. The lowest BCUT2D eigenvalue weighted by molar-refractivity contribution is -0.129. The van der Waals surface area contributed by atoms with Crippen LogP contribution in [0.5, 0.6) is 5.75 Å². The van der Waals surface area contributed by atoms with Crippen LogP contribution >= 0.6 is 0 Å². The van der Waals surface area contributed by atoms with E-state index < -0.39 is 6.04 Å². The van der Waals surface area contributed by atoms with Gasteiger partial charge >= 0.3 is 0 Å². The topological polar surface area (TPSA) is 78.3 Å². The van der Waals surface area contributed by atoms with Crippen LogP contribution in [0, 0.1) is 5.41 Å². The number of likely N-dealkylation sites (tertiary alicyclic amines) is 1. The highest BCUT2D eigenvalue weighted by atomic mass is 16.5. The monoisotopic (exact) mass is 274 g/mol. The molecule has 20 heavy (non-hydrogen) atoms. The zero-order valence-electron chi connectivity index (χ0n) is 11.9. The van der Waals surface area contributed by atoms with Crippen LogP contribution in [0.15, 0.2) is 29.4 Å². The Balaban J connectivity index is 2.14. The van der Waals surface area contributed by atoms with Crippen molar-refractivity contribution < 1.29 is 9.53 Å². The minimum Gasteiger partial charge on any atom is -0.497 e. The van der Waals surface area contributed by atoms with Crippen LogP contribution in [0.1, 0.15) is 19.4 Å². The number of methoxy groups -OCH3 is 1. The van der Waals surface area contributed by atoms with Crippen molar-refractivity contribution in [3.63, 3.8) is 0 Å². The van der Waals surface area contributed by atoms with Crippen molar-refractivity contribution in [2.75, 3.05) is 13.7 Å². The molecule has 0 aliphatic carbocycles. The summed E-state index contributed by atoms with van der Waals surface area (Å²) in [6.45, 7) is 4.99. The van der Waals surface area contributed by atoms with Crippen LogP contribution in [0.4, 0.5) is 0 Å². The Morgan fingerprint density at radius 3 is 2.65 bits per heavy atom. The van der Waals surface area contributed by atoms with Gasteiger partial charge in [-0.3, -0.25) is 4.79 Å². The van der Waals surface area contributed by atoms with Gasteiger partial charge in [-0.15, -0.1) is 0 Å². The standard InChI is InChI=1S/C14H18N4O2/c1-14(2)9-18(13(19)12(14)16-17-15)8-10-4-6-11(20-3)7-5-10/h4-7,12H,8-9H2,1-3H3. The summed E-state index contributed by atoms with van der Waals surface area (Å²) in [5, 5.41) is 3.65. The molecular weight excluding hydrogens is 256 g/mol. The maximum atomic E-state index is 12.3. The van der Waals surface area contributed by atoms with Gasteiger partial charge in [0.1, 0.15) is 11.8 Å². The third-order valence-corrected chi connectivity index (χ3v) is 3.58. The van der Waals surface area contributed by atoms with Gasteiger partial charge in [0.15, 0.2) is 0 Å². The Morgan fingerprint density at radius 1 is 1.45 bits per heavy atom. The van der Waals surface area contributed by atoms with Gasteiger partial charge in [0.2, 0.25) is 5.91 Å². The van der Waals surface area contributed by atoms with E-state index in [4.69, 9.17) is 10.3 Å². The van der Waals surface area contributed by atoms with Crippen LogP contribution in [0.3, 0.4) is 0 Å². The van der Waals surface area contributed by atoms with E-state index in [0.717, 1.165) is 11.3 Å². The van der Waals surface area contributed by atoms with Crippen molar-refractivity contribution in [3.8, 4) is 5.75 Å². The largest absolute Gasteiger partial charge is 0.497 e. The number of nitrogens with zero attached hydrogens (tertiary/aromatic N) is 4. The predicted octanol–water partition coefficient (Wildman–Crippen LogP) is 2.74. The molecular formula is C14H18N4O2. The number of carbonyl (C=O) groups excluding carboxylic acids is 1. The fourth-order valence-electron chi connectivity index (χ4n) is 2.51. The van der Waals surface area contributed by atoms with E-state index in [2.05, 4.69) is 10.0 Å². The summed E-state index contributed by atoms with van der Waals surface area (Å²) < 4.78 is 5.11. The normalized spacial score (nSPS) is 20.6. The molecule has 1 aromatic carbocycles. The minimum atomic E-state index is -0.620. The Hall–Kier alpha value is -2.20. The molecule has 1 atom stereocenters. The van der Waals surface area contributed by atoms with Crippen molar-refractivity contribution >= 4 is 5.91 Å². The van der Waals surface area contributed by atoms with Gasteiger partial charge in [0, 0.05) is 18.0 Å². The van der Waals surface area contributed by atoms with Crippen LogP contribution in [-0.4, -0.2) is 30.5 Å². The maximum Gasteiger partial charge on any atom is 0.232 e. The van der Waals surface area contributed by atoms with Gasteiger partial charge in [-0.1, -0.05) is 31.1 Å². The molecule has 6 heteroatoms. The number of carbonyl (C=O) groups is 1. The summed E-state index contributed by atoms with van der Waals surface area (Å²) in [5.41, 5.74) is 9.27. The number of hydrogen-bond acceptors (Lipinski definition) is 3. The van der Waals surface area contributed by atoms with Crippen molar-refractivity contribution in [3.05, 3.63) is 40.3 Å². The van der Waals surface area contributed by atoms with Crippen LogP contribution in [0.25, 0.3) is 10.4 Å². The highest BCUT2D eigenvalue weighted by Crippen LogP contribution is 2.34. The molecule has 1 aromatic rings. The van der Waals surface area contributed by atoms with E-state index in [1.807, 2.05) is 38.1 Å². The first-order valence-corrected chi connectivity index (χ1v) is 6.44.